The van der Waals surface area contributed by atoms with Crippen LogP contribution in [0.2, 0.25) is 0 Å². The quantitative estimate of drug-likeness (QED) is 0.751. The predicted molar refractivity (Wildman–Crippen MR) is 107 cm³/mol. The zero-order valence-electron chi connectivity index (χ0n) is 17.7. The fourth-order valence-corrected chi connectivity index (χ4v) is 8.57. The highest BCUT2D eigenvalue weighted by Crippen LogP contribution is 2.65. The van der Waals surface area contributed by atoms with Crippen molar-refractivity contribution < 1.29 is 14.6 Å². The second-order valence-electron chi connectivity index (χ2n) is 10.5. The first-order chi connectivity index (χ1) is 12.9. The minimum Gasteiger partial charge on any atom is -0.387 e. The number of carbonyl (C=O) groups is 1. The molecule has 4 aliphatic carbocycles. The highest BCUT2D eigenvalue weighted by atomic mass is 16.5. The van der Waals surface area contributed by atoms with Gasteiger partial charge in [-0.15, -0.1) is 0 Å². The summed E-state index contributed by atoms with van der Waals surface area (Å²) in [4.78, 5) is 12.4. The molecule has 0 heterocycles. The Hall–Kier alpha value is -0.410. The number of carbonyl (C=O) groups excluding carboxylic acids is 1. The highest BCUT2D eigenvalue weighted by molar-refractivity contribution is 5.79. The van der Waals surface area contributed by atoms with Crippen molar-refractivity contribution in [3.8, 4) is 0 Å². The van der Waals surface area contributed by atoms with E-state index in [2.05, 4.69) is 6.92 Å². The summed E-state index contributed by atoms with van der Waals surface area (Å²) in [6.07, 6.45) is 13.1. The molecule has 0 amide bonds. The molecule has 154 valence electrons. The monoisotopic (exact) mass is 376 g/mol. The molecule has 8 atom stereocenters. The van der Waals surface area contributed by atoms with Gasteiger partial charge >= 0.3 is 0 Å². The molecule has 0 aromatic carbocycles. The SMILES string of the molecule is CC[C@]12CC[C@H]3[C@@H](CC[C@@H]4CC[C@@](O)(COC)CC[C@@H]43)[C@@H]1CC[C@@H]2C(C)=O. The first-order valence-electron chi connectivity index (χ1n) is 11.7. The summed E-state index contributed by atoms with van der Waals surface area (Å²) in [7, 11) is 1.71. The Kier molecular flexibility index (Phi) is 5.48. The Balaban J connectivity index is 1.54. The van der Waals surface area contributed by atoms with Crippen LogP contribution in [0.1, 0.15) is 84.5 Å². The number of hydrogen-bond donors (Lipinski definition) is 1. The summed E-state index contributed by atoms with van der Waals surface area (Å²) in [5.74, 6) is 4.81. The largest absolute Gasteiger partial charge is 0.387 e. The van der Waals surface area contributed by atoms with Gasteiger partial charge in [-0.3, -0.25) is 4.79 Å². The highest BCUT2D eigenvalue weighted by Gasteiger charge is 2.59. The summed E-state index contributed by atoms with van der Waals surface area (Å²) in [5.41, 5.74) is -0.294. The van der Waals surface area contributed by atoms with E-state index in [4.69, 9.17) is 4.74 Å². The van der Waals surface area contributed by atoms with Crippen LogP contribution in [0.15, 0.2) is 0 Å². The number of fused-ring (bicyclic) bond motifs is 5. The van der Waals surface area contributed by atoms with E-state index >= 15 is 0 Å². The summed E-state index contributed by atoms with van der Waals surface area (Å²) in [6, 6.07) is 0. The Bertz CT molecular complexity index is 560. The molecule has 0 bridgehead atoms. The number of hydrogen-bond acceptors (Lipinski definition) is 3. The van der Waals surface area contributed by atoms with Crippen molar-refractivity contribution in [2.24, 2.45) is 40.9 Å². The molecule has 0 spiro atoms. The van der Waals surface area contributed by atoms with Crippen molar-refractivity contribution in [1.29, 1.82) is 0 Å². The molecule has 3 nitrogen and oxygen atoms in total. The van der Waals surface area contributed by atoms with E-state index in [1.807, 2.05) is 6.92 Å². The standard InChI is InChI=1S/C24H40O3/c1-4-24-14-11-19-18-10-13-23(26,15-27-3)12-9-17(18)5-6-20(19)22(24)8-7-21(24)16(2)25/h17-22,26H,4-15H2,1-3H3/t17-,18+,19-,20-,21-,22+,23+,24-/m1/s1. The van der Waals surface area contributed by atoms with Crippen LogP contribution < -0.4 is 0 Å². The van der Waals surface area contributed by atoms with Gasteiger partial charge in [-0.2, -0.15) is 0 Å². The van der Waals surface area contributed by atoms with Crippen molar-refractivity contribution in [2.75, 3.05) is 13.7 Å². The first-order valence-corrected chi connectivity index (χ1v) is 11.7. The summed E-state index contributed by atoms with van der Waals surface area (Å²) < 4.78 is 5.34. The van der Waals surface area contributed by atoms with Crippen LogP contribution in [0.3, 0.4) is 0 Å². The van der Waals surface area contributed by atoms with Gasteiger partial charge in [0, 0.05) is 13.0 Å². The number of ether oxygens (including phenoxy) is 1. The smallest absolute Gasteiger partial charge is 0.133 e. The topological polar surface area (TPSA) is 46.5 Å². The predicted octanol–water partition coefficient (Wildman–Crippen LogP) is 5.00. The molecule has 3 heteroatoms. The van der Waals surface area contributed by atoms with E-state index in [1.54, 1.807) is 7.11 Å². The van der Waals surface area contributed by atoms with Gasteiger partial charge in [0.2, 0.25) is 0 Å². The molecular formula is C24H40O3. The third-order valence-corrected chi connectivity index (χ3v) is 9.72. The second kappa shape index (κ2) is 7.44. The van der Waals surface area contributed by atoms with Gasteiger partial charge in [-0.05, 0) is 113 Å². The van der Waals surface area contributed by atoms with Crippen molar-refractivity contribution in [1.82, 2.24) is 0 Å². The lowest BCUT2D eigenvalue weighted by molar-refractivity contribution is -0.129. The summed E-state index contributed by atoms with van der Waals surface area (Å²) >= 11 is 0. The third kappa shape index (κ3) is 3.21. The molecule has 0 unspecified atom stereocenters. The van der Waals surface area contributed by atoms with Crippen molar-refractivity contribution in [2.45, 2.75) is 90.1 Å². The zero-order valence-corrected chi connectivity index (χ0v) is 17.7. The van der Waals surface area contributed by atoms with Gasteiger partial charge in [0.25, 0.3) is 0 Å². The Morgan fingerprint density at radius 3 is 2.41 bits per heavy atom. The van der Waals surface area contributed by atoms with Gasteiger partial charge in [-0.25, -0.2) is 0 Å². The average molecular weight is 377 g/mol. The molecule has 4 fully saturated rings. The Labute approximate surface area is 165 Å². The fourth-order valence-electron chi connectivity index (χ4n) is 8.57. The van der Waals surface area contributed by atoms with E-state index in [1.165, 1.54) is 51.4 Å². The lowest BCUT2D eigenvalue weighted by Gasteiger charge is -2.55. The molecule has 0 aromatic heterocycles. The molecule has 0 aromatic rings. The minimum atomic E-state index is -0.601. The van der Waals surface area contributed by atoms with Gasteiger partial charge in [-0.1, -0.05) is 6.92 Å². The number of rotatable bonds is 4. The average Bonchev–Trinajstić information content (AvgIpc) is 2.97. The maximum atomic E-state index is 12.4. The molecule has 0 saturated heterocycles. The molecule has 1 N–H and O–H groups in total. The van der Waals surface area contributed by atoms with E-state index in [0.29, 0.717) is 23.7 Å². The second-order valence-corrected chi connectivity index (χ2v) is 10.5. The molecule has 0 aliphatic heterocycles. The van der Waals surface area contributed by atoms with Crippen molar-refractivity contribution in [3.63, 3.8) is 0 Å². The minimum absolute atomic E-state index is 0.307. The maximum absolute atomic E-state index is 12.4. The van der Waals surface area contributed by atoms with Crippen LogP contribution in [-0.4, -0.2) is 30.2 Å². The van der Waals surface area contributed by atoms with Crippen molar-refractivity contribution >= 4 is 5.78 Å². The number of aliphatic hydroxyl groups is 1. The lowest BCUT2D eigenvalue weighted by atomic mass is 9.49. The first kappa shape index (κ1) is 19.9. The third-order valence-electron chi connectivity index (χ3n) is 9.72. The van der Waals surface area contributed by atoms with Crippen LogP contribution in [0.4, 0.5) is 0 Å². The molecule has 4 aliphatic rings. The Morgan fingerprint density at radius 2 is 1.70 bits per heavy atom. The Morgan fingerprint density at radius 1 is 0.963 bits per heavy atom. The van der Waals surface area contributed by atoms with Crippen LogP contribution >= 0.6 is 0 Å². The number of Topliss-reactive ketones (excluding diaryl/α,β-unsaturated/α-hetero) is 1. The number of ketones is 1. The molecule has 27 heavy (non-hydrogen) atoms. The molecule has 4 rings (SSSR count). The van der Waals surface area contributed by atoms with E-state index in [0.717, 1.165) is 48.9 Å². The van der Waals surface area contributed by atoms with Crippen LogP contribution in [0.5, 0.6) is 0 Å². The summed E-state index contributed by atoms with van der Waals surface area (Å²) in [5, 5.41) is 11.0. The van der Waals surface area contributed by atoms with Gasteiger partial charge in [0.15, 0.2) is 0 Å². The van der Waals surface area contributed by atoms with Crippen molar-refractivity contribution in [3.05, 3.63) is 0 Å². The molecule has 0 radical (unpaired) electrons. The summed E-state index contributed by atoms with van der Waals surface area (Å²) in [6.45, 7) is 4.68. The normalized spacial score (nSPS) is 49.6. The zero-order chi connectivity index (χ0) is 19.2. The van der Waals surface area contributed by atoms with Crippen LogP contribution in [0, 0.1) is 40.9 Å². The molecule has 4 saturated carbocycles. The van der Waals surface area contributed by atoms with Gasteiger partial charge in [0.1, 0.15) is 5.78 Å². The fraction of sp³-hybridized carbons (Fsp3) is 0.958. The van der Waals surface area contributed by atoms with Gasteiger partial charge < -0.3 is 9.84 Å². The molecular weight excluding hydrogens is 336 g/mol. The van der Waals surface area contributed by atoms with E-state index in [-0.39, 0.29) is 0 Å². The van der Waals surface area contributed by atoms with Crippen LogP contribution in [-0.2, 0) is 9.53 Å². The van der Waals surface area contributed by atoms with Crippen LogP contribution in [0.25, 0.3) is 0 Å². The lowest BCUT2D eigenvalue weighted by Crippen LogP contribution is -2.49. The van der Waals surface area contributed by atoms with E-state index in [9.17, 15) is 9.90 Å². The van der Waals surface area contributed by atoms with Gasteiger partial charge in [0.05, 0.1) is 12.2 Å². The van der Waals surface area contributed by atoms with E-state index < -0.39 is 5.60 Å². The number of methoxy groups -OCH3 is 1. The maximum Gasteiger partial charge on any atom is 0.133 e.